The van der Waals surface area contributed by atoms with Crippen LogP contribution in [-0.2, 0) is 4.79 Å². The number of ketones is 1. The van der Waals surface area contributed by atoms with Crippen molar-refractivity contribution in [2.24, 2.45) is 0 Å². The molecule has 0 heterocycles. The monoisotopic (exact) mass is 366 g/mol. The maximum Gasteiger partial charge on any atom is 0.167 e. The van der Waals surface area contributed by atoms with E-state index in [9.17, 15) is 27.5 Å². The van der Waals surface area contributed by atoms with Gasteiger partial charge in [0.2, 0.25) is 0 Å². The molecular formula is C20H18F4O2. The van der Waals surface area contributed by atoms with E-state index in [1.807, 2.05) is 0 Å². The molecule has 2 aromatic rings. The number of Topliss-reactive ketones (excluding diaryl/α,β-unsaturated/α-hetero) is 1. The van der Waals surface area contributed by atoms with Gasteiger partial charge in [-0.2, -0.15) is 0 Å². The third kappa shape index (κ3) is 3.26. The van der Waals surface area contributed by atoms with E-state index in [4.69, 9.17) is 0 Å². The summed E-state index contributed by atoms with van der Waals surface area (Å²) in [6.07, 6.45) is 0.320. The minimum Gasteiger partial charge on any atom is -0.389 e. The Morgan fingerprint density at radius 1 is 0.885 bits per heavy atom. The Morgan fingerprint density at radius 2 is 1.42 bits per heavy atom. The van der Waals surface area contributed by atoms with Crippen LogP contribution in [0.4, 0.5) is 17.6 Å². The summed E-state index contributed by atoms with van der Waals surface area (Å²) in [5.74, 6) is -5.13. The molecule has 0 saturated heterocycles. The summed E-state index contributed by atoms with van der Waals surface area (Å²) >= 11 is 0. The standard InChI is InChI=1S/C20H18F4O2/c1-10(25)13-6-8-15(19(23)17(13)21)16-9-7-14(18(22)20(16)24)11-2-4-12(26)5-3-11/h6-11,25H,2-5H2,1H3. The van der Waals surface area contributed by atoms with Crippen molar-refractivity contribution in [3.05, 3.63) is 58.7 Å². The Bertz CT molecular complexity index is 851. The van der Waals surface area contributed by atoms with Gasteiger partial charge in [0.25, 0.3) is 0 Å². The van der Waals surface area contributed by atoms with Crippen molar-refractivity contribution in [2.45, 2.75) is 44.6 Å². The van der Waals surface area contributed by atoms with Crippen molar-refractivity contribution in [3.63, 3.8) is 0 Å². The second-order valence-corrected chi connectivity index (χ2v) is 6.65. The molecule has 1 aliphatic rings. The van der Waals surface area contributed by atoms with Gasteiger partial charge in [0.05, 0.1) is 6.10 Å². The third-order valence-corrected chi connectivity index (χ3v) is 4.95. The summed E-state index contributed by atoms with van der Waals surface area (Å²) in [4.78, 5) is 11.3. The van der Waals surface area contributed by atoms with E-state index >= 15 is 0 Å². The Hall–Kier alpha value is -2.21. The number of carbonyl (C=O) groups excluding carboxylic acids is 1. The van der Waals surface area contributed by atoms with Crippen molar-refractivity contribution >= 4 is 5.78 Å². The second kappa shape index (κ2) is 7.19. The number of hydrogen-bond acceptors (Lipinski definition) is 2. The zero-order valence-corrected chi connectivity index (χ0v) is 14.2. The highest BCUT2D eigenvalue weighted by atomic mass is 19.2. The minimum atomic E-state index is -1.34. The van der Waals surface area contributed by atoms with E-state index in [-0.39, 0.29) is 28.4 Å². The largest absolute Gasteiger partial charge is 0.389 e. The fourth-order valence-corrected chi connectivity index (χ4v) is 3.43. The Morgan fingerprint density at radius 3 is 2.00 bits per heavy atom. The lowest BCUT2D eigenvalue weighted by molar-refractivity contribution is -0.120. The smallest absolute Gasteiger partial charge is 0.167 e. The average molecular weight is 366 g/mol. The molecule has 3 rings (SSSR count). The zero-order valence-electron chi connectivity index (χ0n) is 14.2. The SMILES string of the molecule is CC(O)c1ccc(-c2ccc(C3CCC(=O)CC3)c(F)c2F)c(F)c1F. The quantitative estimate of drug-likeness (QED) is 0.759. The Balaban J connectivity index is 2.01. The van der Waals surface area contributed by atoms with Crippen molar-refractivity contribution in [1.29, 1.82) is 0 Å². The normalized spacial score (nSPS) is 16.8. The minimum absolute atomic E-state index is 0.106. The summed E-state index contributed by atoms with van der Waals surface area (Å²) < 4.78 is 57.5. The van der Waals surface area contributed by atoms with Gasteiger partial charge in [-0.15, -0.1) is 0 Å². The molecule has 6 heteroatoms. The molecule has 1 atom stereocenters. The number of hydrogen-bond donors (Lipinski definition) is 1. The fraction of sp³-hybridized carbons (Fsp3) is 0.350. The fourth-order valence-electron chi connectivity index (χ4n) is 3.43. The molecule has 26 heavy (non-hydrogen) atoms. The van der Waals surface area contributed by atoms with Crippen LogP contribution in [0.2, 0.25) is 0 Å². The summed E-state index contributed by atoms with van der Waals surface area (Å²) in [5.41, 5.74) is -0.892. The Kier molecular flexibility index (Phi) is 5.14. The van der Waals surface area contributed by atoms with E-state index in [0.717, 1.165) is 12.1 Å². The van der Waals surface area contributed by atoms with E-state index in [1.54, 1.807) is 0 Å². The predicted octanol–water partition coefficient (Wildman–Crippen LogP) is 5.19. The maximum atomic E-state index is 14.6. The number of rotatable bonds is 3. The summed E-state index contributed by atoms with van der Waals surface area (Å²) in [7, 11) is 0. The van der Waals surface area contributed by atoms with Gasteiger partial charge in [0.1, 0.15) is 5.78 Å². The van der Waals surface area contributed by atoms with Crippen LogP contribution in [0.25, 0.3) is 11.1 Å². The van der Waals surface area contributed by atoms with E-state index in [2.05, 4.69) is 0 Å². The van der Waals surface area contributed by atoms with Gasteiger partial charge in [-0.25, -0.2) is 17.6 Å². The summed E-state index contributed by atoms with van der Waals surface area (Å²) in [6, 6.07) is 4.87. The van der Waals surface area contributed by atoms with Crippen LogP contribution < -0.4 is 0 Å². The maximum absolute atomic E-state index is 14.6. The number of benzene rings is 2. The van der Waals surface area contributed by atoms with Gasteiger partial charge in [-0.05, 0) is 31.2 Å². The van der Waals surface area contributed by atoms with Gasteiger partial charge in [-0.1, -0.05) is 24.3 Å². The van der Waals surface area contributed by atoms with Crippen LogP contribution in [0.3, 0.4) is 0 Å². The van der Waals surface area contributed by atoms with Gasteiger partial charge in [0.15, 0.2) is 23.3 Å². The van der Waals surface area contributed by atoms with Crippen molar-refractivity contribution in [1.82, 2.24) is 0 Å². The molecule has 0 aromatic heterocycles. The molecule has 1 fully saturated rings. The number of halogens is 4. The number of aliphatic hydroxyl groups excluding tert-OH is 1. The predicted molar refractivity (Wildman–Crippen MR) is 88.6 cm³/mol. The lowest BCUT2D eigenvalue weighted by Crippen LogP contribution is -2.14. The van der Waals surface area contributed by atoms with E-state index < -0.39 is 34.9 Å². The lowest BCUT2D eigenvalue weighted by atomic mass is 9.82. The van der Waals surface area contributed by atoms with Crippen LogP contribution in [0.1, 0.15) is 55.8 Å². The summed E-state index contributed by atoms with van der Waals surface area (Å²) in [5, 5.41) is 9.42. The highest BCUT2D eigenvalue weighted by Crippen LogP contribution is 2.37. The average Bonchev–Trinajstić information content (AvgIpc) is 2.61. The van der Waals surface area contributed by atoms with Crippen molar-refractivity contribution in [3.8, 4) is 11.1 Å². The third-order valence-electron chi connectivity index (χ3n) is 4.95. The van der Waals surface area contributed by atoms with Gasteiger partial charge >= 0.3 is 0 Å². The molecule has 1 unspecified atom stereocenters. The highest BCUT2D eigenvalue weighted by molar-refractivity contribution is 5.79. The molecule has 0 spiro atoms. The van der Waals surface area contributed by atoms with E-state index in [1.165, 1.54) is 19.1 Å². The molecule has 0 radical (unpaired) electrons. The lowest BCUT2D eigenvalue weighted by Gasteiger charge is -2.22. The first kappa shape index (κ1) is 18.6. The Labute approximate surface area is 148 Å². The number of carbonyl (C=O) groups is 1. The molecule has 2 nitrogen and oxygen atoms in total. The van der Waals surface area contributed by atoms with Crippen LogP contribution in [0.5, 0.6) is 0 Å². The molecule has 0 bridgehead atoms. The molecule has 1 aliphatic carbocycles. The second-order valence-electron chi connectivity index (χ2n) is 6.65. The van der Waals surface area contributed by atoms with Gasteiger partial charge in [-0.3, -0.25) is 4.79 Å². The van der Waals surface area contributed by atoms with E-state index in [0.29, 0.717) is 25.7 Å². The van der Waals surface area contributed by atoms with Crippen LogP contribution >= 0.6 is 0 Å². The molecular weight excluding hydrogens is 348 g/mol. The first-order valence-corrected chi connectivity index (χ1v) is 8.47. The van der Waals surface area contributed by atoms with Crippen LogP contribution in [0, 0.1) is 23.3 Å². The molecule has 1 saturated carbocycles. The van der Waals surface area contributed by atoms with Crippen LogP contribution in [-0.4, -0.2) is 10.9 Å². The molecule has 1 N–H and O–H groups in total. The van der Waals surface area contributed by atoms with Gasteiger partial charge < -0.3 is 5.11 Å². The molecule has 2 aromatic carbocycles. The van der Waals surface area contributed by atoms with Crippen molar-refractivity contribution in [2.75, 3.05) is 0 Å². The molecule has 0 amide bonds. The van der Waals surface area contributed by atoms with Crippen LogP contribution in [0.15, 0.2) is 24.3 Å². The molecule has 0 aliphatic heterocycles. The first-order valence-electron chi connectivity index (χ1n) is 8.47. The molecule has 138 valence electrons. The zero-order chi connectivity index (χ0) is 19.0. The first-order chi connectivity index (χ1) is 12.3. The van der Waals surface area contributed by atoms with Crippen molar-refractivity contribution < 1.29 is 27.5 Å². The summed E-state index contributed by atoms with van der Waals surface area (Å²) in [6.45, 7) is 1.28. The highest BCUT2D eigenvalue weighted by Gasteiger charge is 2.27. The topological polar surface area (TPSA) is 37.3 Å². The van der Waals surface area contributed by atoms with Gasteiger partial charge in [0, 0.05) is 29.5 Å². The number of aliphatic hydroxyl groups is 1.